The molecule has 1 aliphatic rings. The van der Waals surface area contributed by atoms with Crippen LogP contribution in [0.4, 0.5) is 0 Å². The summed E-state index contributed by atoms with van der Waals surface area (Å²) in [6, 6.07) is 0. The van der Waals surface area contributed by atoms with Crippen molar-refractivity contribution in [2.75, 3.05) is 75.8 Å². The van der Waals surface area contributed by atoms with Crippen LogP contribution in [0.1, 0.15) is 98.8 Å². The first-order valence-electron chi connectivity index (χ1n) is 19.6. The third-order valence-corrected chi connectivity index (χ3v) is 16.5. The van der Waals surface area contributed by atoms with Crippen LogP contribution in [-0.2, 0) is 47.7 Å². The highest BCUT2D eigenvalue weighted by molar-refractivity contribution is 8.00. The first-order valence-corrected chi connectivity index (χ1v) is 25.0. The Hall–Kier alpha value is -0.900. The lowest BCUT2D eigenvalue weighted by molar-refractivity contribution is -0.141. The van der Waals surface area contributed by atoms with Gasteiger partial charge in [0.25, 0.3) is 0 Å². The Morgan fingerprint density at radius 2 is 1.00 bits per heavy atom. The third kappa shape index (κ3) is 27.4. The summed E-state index contributed by atoms with van der Waals surface area (Å²) in [5.74, 6) is 8.40. The van der Waals surface area contributed by atoms with Gasteiger partial charge in [0.1, 0.15) is 0 Å². The topological polar surface area (TPSA) is 132 Å². The SMILES string of the molecule is COC(=O)CCSC1CC(C(C)C)C(SCCC(=O)OC)CC1C.COC(=O)CCSCCC(CCC(SCCC(=O)OC)C(C)C)CSCCC(=O)OC. The van der Waals surface area contributed by atoms with E-state index in [1.165, 1.54) is 48.4 Å². The van der Waals surface area contributed by atoms with E-state index >= 15 is 0 Å². The van der Waals surface area contributed by atoms with E-state index in [2.05, 4.69) is 39.4 Å². The van der Waals surface area contributed by atoms with Gasteiger partial charge in [0, 0.05) is 44.5 Å². The number of thioether (sulfide) groups is 5. The van der Waals surface area contributed by atoms with Crippen LogP contribution in [-0.4, -0.2) is 121 Å². The molecule has 1 saturated carbocycles. The zero-order chi connectivity index (χ0) is 41.6. The number of ether oxygens (including phenoxy) is 5. The van der Waals surface area contributed by atoms with Crippen LogP contribution < -0.4 is 0 Å². The van der Waals surface area contributed by atoms with E-state index < -0.39 is 0 Å². The molecule has 0 aromatic rings. The molecule has 0 spiro atoms. The Balaban J connectivity index is 0.00000109. The number of hydrogen-bond donors (Lipinski definition) is 0. The smallest absolute Gasteiger partial charge is 0.306 e. The number of hydrogen-bond acceptors (Lipinski definition) is 15. The van der Waals surface area contributed by atoms with Crippen molar-refractivity contribution in [3.05, 3.63) is 0 Å². The summed E-state index contributed by atoms with van der Waals surface area (Å²) in [7, 11) is 7.16. The number of carbonyl (C=O) groups is 5. The Kier molecular flexibility index (Phi) is 33.5. The molecule has 0 aromatic heterocycles. The summed E-state index contributed by atoms with van der Waals surface area (Å²) in [6.07, 6.45) is 8.04. The molecule has 6 unspecified atom stereocenters. The van der Waals surface area contributed by atoms with Gasteiger partial charge in [0.2, 0.25) is 0 Å². The van der Waals surface area contributed by atoms with Crippen molar-refractivity contribution in [1.29, 1.82) is 0 Å². The normalized spacial score (nSPS) is 19.1. The minimum Gasteiger partial charge on any atom is -0.469 e. The van der Waals surface area contributed by atoms with Gasteiger partial charge in [-0.25, -0.2) is 0 Å². The van der Waals surface area contributed by atoms with Gasteiger partial charge in [0.05, 0.1) is 67.7 Å². The van der Waals surface area contributed by atoms with Crippen LogP contribution in [0.25, 0.3) is 0 Å². The number of rotatable bonds is 28. The summed E-state index contributed by atoms with van der Waals surface area (Å²) in [6.45, 7) is 11.4. The molecule has 0 heterocycles. The van der Waals surface area contributed by atoms with E-state index in [0.717, 1.165) is 59.5 Å². The van der Waals surface area contributed by atoms with Crippen molar-refractivity contribution in [3.63, 3.8) is 0 Å². The summed E-state index contributed by atoms with van der Waals surface area (Å²) >= 11 is 9.32. The molecular formula is C40H72O10S5. The lowest BCUT2D eigenvalue weighted by Crippen LogP contribution is -2.37. The van der Waals surface area contributed by atoms with Crippen LogP contribution in [0.2, 0.25) is 0 Å². The van der Waals surface area contributed by atoms with Crippen molar-refractivity contribution >= 4 is 88.7 Å². The number of carbonyl (C=O) groups excluding carboxylic acids is 5. The molecule has 0 saturated heterocycles. The van der Waals surface area contributed by atoms with Crippen molar-refractivity contribution in [2.45, 2.75) is 115 Å². The summed E-state index contributed by atoms with van der Waals surface area (Å²) in [4.78, 5) is 56.5. The molecule has 55 heavy (non-hydrogen) atoms. The number of methoxy groups -OCH3 is 5. The molecule has 0 N–H and O–H groups in total. The Morgan fingerprint density at radius 1 is 0.545 bits per heavy atom. The second-order valence-corrected chi connectivity index (χ2v) is 20.8. The second kappa shape index (κ2) is 34.0. The summed E-state index contributed by atoms with van der Waals surface area (Å²) < 4.78 is 23.6. The fraction of sp³-hybridized carbons (Fsp3) is 0.875. The van der Waals surface area contributed by atoms with Crippen molar-refractivity contribution < 1.29 is 47.7 Å². The van der Waals surface area contributed by atoms with Gasteiger partial charge in [-0.05, 0) is 73.2 Å². The summed E-state index contributed by atoms with van der Waals surface area (Å²) in [5, 5.41) is 1.74. The molecule has 0 radical (unpaired) electrons. The zero-order valence-electron chi connectivity index (χ0n) is 35.3. The highest BCUT2D eigenvalue weighted by atomic mass is 32.2. The van der Waals surface area contributed by atoms with Crippen LogP contribution in [0, 0.1) is 29.6 Å². The minimum absolute atomic E-state index is 0.122. The van der Waals surface area contributed by atoms with E-state index in [1.54, 1.807) is 11.8 Å². The van der Waals surface area contributed by atoms with E-state index in [0.29, 0.717) is 77.4 Å². The molecule has 15 heteroatoms. The summed E-state index contributed by atoms with van der Waals surface area (Å²) in [5.41, 5.74) is 0. The van der Waals surface area contributed by atoms with Gasteiger partial charge in [-0.15, -0.1) is 0 Å². The molecular weight excluding hydrogens is 801 g/mol. The van der Waals surface area contributed by atoms with E-state index in [-0.39, 0.29) is 29.8 Å². The average Bonchev–Trinajstić information content (AvgIpc) is 3.17. The fourth-order valence-corrected chi connectivity index (χ4v) is 12.6. The van der Waals surface area contributed by atoms with Gasteiger partial charge in [-0.2, -0.15) is 58.8 Å². The van der Waals surface area contributed by atoms with Gasteiger partial charge in [0.15, 0.2) is 0 Å². The van der Waals surface area contributed by atoms with Crippen LogP contribution >= 0.6 is 58.8 Å². The molecule has 0 aliphatic heterocycles. The van der Waals surface area contributed by atoms with Gasteiger partial charge >= 0.3 is 29.8 Å². The Bertz CT molecular complexity index is 1060. The zero-order valence-corrected chi connectivity index (χ0v) is 39.3. The van der Waals surface area contributed by atoms with E-state index in [4.69, 9.17) is 18.9 Å². The molecule has 10 nitrogen and oxygen atoms in total. The highest BCUT2D eigenvalue weighted by Crippen LogP contribution is 2.44. The van der Waals surface area contributed by atoms with Crippen molar-refractivity contribution in [3.8, 4) is 0 Å². The van der Waals surface area contributed by atoms with E-state index in [9.17, 15) is 24.0 Å². The quantitative estimate of drug-likeness (QED) is 0.0422. The van der Waals surface area contributed by atoms with Gasteiger partial charge in [-0.3, -0.25) is 24.0 Å². The van der Waals surface area contributed by atoms with Gasteiger partial charge < -0.3 is 23.7 Å². The van der Waals surface area contributed by atoms with Crippen LogP contribution in [0.5, 0.6) is 0 Å². The Morgan fingerprint density at radius 3 is 1.47 bits per heavy atom. The van der Waals surface area contributed by atoms with Crippen molar-refractivity contribution in [2.24, 2.45) is 29.6 Å². The van der Waals surface area contributed by atoms with Crippen LogP contribution in [0.3, 0.4) is 0 Å². The minimum atomic E-state index is -0.163. The van der Waals surface area contributed by atoms with E-state index in [1.807, 2.05) is 47.0 Å². The maximum atomic E-state index is 11.4. The lowest BCUT2D eigenvalue weighted by atomic mass is 9.77. The third-order valence-electron chi connectivity index (χ3n) is 9.66. The second-order valence-electron chi connectivity index (χ2n) is 14.4. The largest absolute Gasteiger partial charge is 0.469 e. The van der Waals surface area contributed by atoms with Gasteiger partial charge in [-0.1, -0.05) is 34.6 Å². The maximum absolute atomic E-state index is 11.4. The molecule has 0 aromatic carbocycles. The number of esters is 5. The van der Waals surface area contributed by atoms with Crippen LogP contribution in [0.15, 0.2) is 0 Å². The monoisotopic (exact) mass is 872 g/mol. The molecule has 322 valence electrons. The fourth-order valence-electron chi connectivity index (χ4n) is 6.10. The Labute approximate surface area is 354 Å². The first kappa shape index (κ1) is 54.1. The first-order chi connectivity index (χ1) is 26.2. The molecule has 0 bridgehead atoms. The predicted octanol–water partition coefficient (Wildman–Crippen LogP) is 8.70. The molecule has 0 amide bonds. The standard InChI is InChI=1S/C22H40O6S3.C18H32O4S2/c1-17(2)19(31-15-11-22(25)28-5)7-6-18(16-30-14-10-21(24)27-4)8-12-29-13-9-20(23)26-3;1-12(2)14-11-15(23-8-6-17(19)21-4)13(3)10-16(14)24-9-7-18(20)22-5/h17-19H,6-16H2,1-5H3;12-16H,6-11H2,1-5H3. The molecule has 6 atom stereocenters. The lowest BCUT2D eigenvalue weighted by Gasteiger charge is -2.41. The molecule has 1 rings (SSSR count). The van der Waals surface area contributed by atoms with Crippen molar-refractivity contribution in [1.82, 2.24) is 0 Å². The average molecular weight is 873 g/mol. The molecule has 1 aliphatic carbocycles. The highest BCUT2D eigenvalue weighted by Gasteiger charge is 2.37. The predicted molar refractivity (Wildman–Crippen MR) is 235 cm³/mol. The molecule has 1 fully saturated rings. The maximum Gasteiger partial charge on any atom is 0.306 e.